The molecule has 2 saturated heterocycles. The van der Waals surface area contributed by atoms with E-state index in [1.807, 2.05) is 26.1 Å². The number of phenolic OH excluding ortho intramolecular Hbond substituents is 1. The van der Waals surface area contributed by atoms with E-state index in [1.54, 1.807) is 0 Å². The summed E-state index contributed by atoms with van der Waals surface area (Å²) in [5.41, 5.74) is 11.5. The van der Waals surface area contributed by atoms with Crippen molar-refractivity contribution < 1.29 is 29.6 Å². The van der Waals surface area contributed by atoms with Crippen LogP contribution >= 0.6 is 0 Å². The van der Waals surface area contributed by atoms with Gasteiger partial charge in [0, 0.05) is 48.0 Å². The van der Waals surface area contributed by atoms with Gasteiger partial charge in [0.1, 0.15) is 17.6 Å². The van der Waals surface area contributed by atoms with Crippen LogP contribution < -0.4 is 16.4 Å². The molecule has 2 aliphatic heterocycles. The molecule has 406 valence electrons. The van der Waals surface area contributed by atoms with Gasteiger partial charge in [-0.25, -0.2) is 0 Å². The zero-order valence-electron chi connectivity index (χ0n) is 47.0. The molecule has 0 unspecified atom stereocenters. The average Bonchev–Trinajstić information content (AvgIpc) is 3.63. The summed E-state index contributed by atoms with van der Waals surface area (Å²) >= 11 is 0. The molecule has 9 aliphatic rings. The Balaban J connectivity index is 0.964. The van der Waals surface area contributed by atoms with Crippen LogP contribution in [0.15, 0.2) is 47.5 Å². The second kappa shape index (κ2) is 19.1. The molecule has 2 aromatic carbocycles. The second-order valence-electron chi connectivity index (χ2n) is 28.7. The van der Waals surface area contributed by atoms with Gasteiger partial charge in [-0.05, 0) is 214 Å². The van der Waals surface area contributed by atoms with E-state index in [9.17, 15) is 15.3 Å². The van der Waals surface area contributed by atoms with Gasteiger partial charge in [-0.3, -0.25) is 9.59 Å². The molecule has 0 radical (unpaired) electrons. The smallest absolute Gasteiger partial charge is 0.160 e. The number of ether oxygens (including phenoxy) is 1. The molecule has 7 aliphatic carbocycles. The van der Waals surface area contributed by atoms with Crippen molar-refractivity contribution in [3.8, 4) is 5.75 Å². The number of aliphatic hydroxyl groups excluding tert-OH is 1. The van der Waals surface area contributed by atoms with Crippen molar-refractivity contribution in [3.05, 3.63) is 69.8 Å². The molecule has 9 nitrogen and oxygen atoms in total. The van der Waals surface area contributed by atoms with Gasteiger partial charge in [-0.1, -0.05) is 97.8 Å². The zero-order chi connectivity index (χ0) is 52.5. The van der Waals surface area contributed by atoms with Gasteiger partial charge >= 0.3 is 0 Å². The maximum atomic E-state index is 15.7. The lowest BCUT2D eigenvalue weighted by atomic mass is 9.34. The fourth-order valence-electron chi connectivity index (χ4n) is 20.5. The molecule has 18 atom stereocenters. The van der Waals surface area contributed by atoms with Crippen LogP contribution in [-0.4, -0.2) is 69.9 Å². The number of ketones is 2. The number of rotatable bonds is 10. The number of benzene rings is 2. The van der Waals surface area contributed by atoms with Gasteiger partial charge in [-0.15, -0.1) is 0 Å². The number of nitrogens with two attached hydrogens (primary N) is 1. The number of hydrogen-bond donors (Lipinski definition) is 6. The van der Waals surface area contributed by atoms with Crippen LogP contribution in [0.25, 0.3) is 0 Å². The Morgan fingerprint density at radius 2 is 1.59 bits per heavy atom. The zero-order valence-corrected chi connectivity index (χ0v) is 47.0. The van der Waals surface area contributed by atoms with Crippen LogP contribution in [0.3, 0.4) is 0 Å². The summed E-state index contributed by atoms with van der Waals surface area (Å²) in [5, 5.41) is 43.5. The van der Waals surface area contributed by atoms with E-state index < -0.39 is 28.1 Å². The quantitative estimate of drug-likeness (QED) is 0.101. The number of carbonyl (C=O) groups excluding carboxylic acids is 2. The van der Waals surface area contributed by atoms with Crippen molar-refractivity contribution in [2.75, 3.05) is 19.3 Å². The van der Waals surface area contributed by atoms with Crippen molar-refractivity contribution >= 4 is 17.3 Å². The van der Waals surface area contributed by atoms with E-state index in [2.05, 4.69) is 83.4 Å². The molecule has 2 heterocycles. The Morgan fingerprint density at radius 1 is 0.838 bits per heavy atom. The first-order chi connectivity index (χ1) is 35.0. The van der Waals surface area contributed by atoms with Crippen molar-refractivity contribution in [2.24, 2.45) is 69.0 Å². The highest BCUT2D eigenvalue weighted by atomic mass is 16.6. The molecule has 0 aromatic heterocycles. The third-order valence-corrected chi connectivity index (χ3v) is 23.6. The number of carbonyl (C=O) groups is 2. The van der Waals surface area contributed by atoms with Crippen molar-refractivity contribution in [3.63, 3.8) is 0 Å². The van der Waals surface area contributed by atoms with Crippen molar-refractivity contribution in [1.82, 2.24) is 10.6 Å². The highest BCUT2D eigenvalue weighted by molar-refractivity contribution is 6.01. The number of nitrogen functional groups attached to an aromatic ring is 1. The number of fused-ring (bicyclic) bond motifs is 5. The van der Waals surface area contributed by atoms with Crippen LogP contribution in [0.4, 0.5) is 5.69 Å². The Kier molecular flexibility index (Phi) is 13.7. The van der Waals surface area contributed by atoms with E-state index >= 15 is 9.59 Å². The molecule has 0 spiro atoms. The number of allylic oxidation sites excluding steroid dienone is 2. The van der Waals surface area contributed by atoms with Gasteiger partial charge in [0.15, 0.2) is 5.78 Å². The number of anilines is 1. The summed E-state index contributed by atoms with van der Waals surface area (Å²) < 4.78 is 6.95. The third kappa shape index (κ3) is 8.54. The highest BCUT2D eigenvalue weighted by Crippen LogP contribution is 2.76. The predicted molar refractivity (Wildman–Crippen MR) is 294 cm³/mol. The molecule has 2 aromatic rings. The van der Waals surface area contributed by atoms with Crippen molar-refractivity contribution in [1.29, 1.82) is 0 Å². The minimum atomic E-state index is -0.869. The summed E-state index contributed by atoms with van der Waals surface area (Å²) in [4.78, 5) is 31.4. The van der Waals surface area contributed by atoms with E-state index in [0.29, 0.717) is 73.5 Å². The third-order valence-electron chi connectivity index (χ3n) is 23.6. The molecular weight excluding hydrogens is 919 g/mol. The number of Topliss-reactive ketones (excluding diaryl/α,β-unsaturated/α-hetero) is 2. The monoisotopic (exact) mass is 1010 g/mol. The molecule has 0 amide bonds. The van der Waals surface area contributed by atoms with Gasteiger partial charge < -0.3 is 36.4 Å². The molecule has 8 fully saturated rings. The first-order valence-corrected chi connectivity index (χ1v) is 30.0. The SMILES string of the molecule is CNCc1cc(O)cc([C@H]2C[C@]3(C)[C@H]4[C@H](C[C@@]5(C)[C@@H]3CCC3=C([C@@H]6[C@H]7CCCC[C@H]7CC[C@H]6[C@@H](O)[C@H]6O[C@]6(C)[C@H]6CCC[C@@H]6c6cc(N)cc(CC(C)C)c6)C(=O)C[C@@]35C)NC[C@@](C)(O)CCCC[C@@]4(C)C2=O)c1. The molecule has 6 saturated carbocycles. The summed E-state index contributed by atoms with van der Waals surface area (Å²) in [5.74, 6) is 2.84. The van der Waals surface area contributed by atoms with Crippen LogP contribution in [-0.2, 0) is 27.3 Å². The minimum Gasteiger partial charge on any atom is -0.508 e. The van der Waals surface area contributed by atoms with E-state index in [0.717, 1.165) is 106 Å². The Hall–Kier alpha value is -3.08. The van der Waals surface area contributed by atoms with E-state index in [1.165, 1.54) is 36.0 Å². The topological polar surface area (TPSA) is 157 Å². The van der Waals surface area contributed by atoms with Crippen LogP contribution in [0.2, 0.25) is 0 Å². The Bertz CT molecular complexity index is 2540. The second-order valence-corrected chi connectivity index (χ2v) is 28.7. The lowest BCUT2D eigenvalue weighted by molar-refractivity contribution is -0.199. The molecular formula is C65H95N3O6. The number of nitrogens with one attached hydrogen (secondary N) is 2. The van der Waals surface area contributed by atoms with Crippen LogP contribution in [0.1, 0.15) is 205 Å². The first kappa shape index (κ1) is 52.9. The number of phenols is 1. The standard InChI is InChI=1S/C65H95N3O6/c1-37(2)25-38-26-41(30-43(66)28-38)45-17-14-18-49(45)65(8)59(74-65)56(71)47-20-19-40-15-10-11-16-46(40)54(47)55-50-21-22-53-62(5)32-48(42-27-39(35-67-9)29-44(69)31-42)58(72)61(4)24-13-12-23-60(3,73)36-68-51(57(61)62)33-64(53,7)63(50,6)34-52(55)70/h26-31,37,40,45-49,51,53-54,56-57,59,67-69,71,73H,10-25,32-36,66H2,1-9H3/t40-,45+,46-,47+,48+,49-,51-,53+,54+,56+,57-,59+,60-,61+,62-,63-,64-,65+/m0/s1. The predicted octanol–water partition coefficient (Wildman–Crippen LogP) is 11.9. The lowest BCUT2D eigenvalue weighted by Crippen LogP contribution is -2.70. The number of aromatic hydroxyl groups is 1. The molecule has 7 N–H and O–H groups in total. The highest BCUT2D eigenvalue weighted by Gasteiger charge is 2.73. The summed E-state index contributed by atoms with van der Waals surface area (Å²) in [7, 11) is 1.92. The largest absolute Gasteiger partial charge is 0.508 e. The summed E-state index contributed by atoms with van der Waals surface area (Å²) in [6.45, 7) is 19.6. The number of hydrogen-bond acceptors (Lipinski definition) is 9. The number of epoxide rings is 1. The number of β-amino-alcohol motifs (C(OH)–C–C–N with tert-alkyl or cyclic N) is 1. The van der Waals surface area contributed by atoms with Crippen LogP contribution in [0.5, 0.6) is 5.75 Å². The normalized spacial score (nSPS) is 44.6. The lowest BCUT2D eigenvalue weighted by Gasteiger charge is -2.71. The number of aliphatic hydroxyl groups is 2. The van der Waals surface area contributed by atoms with Gasteiger partial charge in [-0.2, -0.15) is 0 Å². The van der Waals surface area contributed by atoms with E-state index in [4.69, 9.17) is 10.5 Å². The molecule has 74 heavy (non-hydrogen) atoms. The van der Waals surface area contributed by atoms with Crippen molar-refractivity contribution in [2.45, 2.75) is 225 Å². The maximum Gasteiger partial charge on any atom is 0.160 e. The van der Waals surface area contributed by atoms with Crippen LogP contribution in [0, 0.1) is 69.0 Å². The van der Waals surface area contributed by atoms with Gasteiger partial charge in [0.2, 0.25) is 0 Å². The molecule has 11 rings (SSSR count). The average molecular weight is 1010 g/mol. The fourth-order valence-corrected chi connectivity index (χ4v) is 20.5. The summed E-state index contributed by atoms with van der Waals surface area (Å²) in [6, 6.07) is 12.5. The fraction of sp³-hybridized carbons (Fsp3) is 0.754. The summed E-state index contributed by atoms with van der Waals surface area (Å²) in [6.07, 6.45) is 17.3. The first-order valence-electron chi connectivity index (χ1n) is 30.0. The van der Waals surface area contributed by atoms with Gasteiger partial charge in [0.25, 0.3) is 0 Å². The Labute approximate surface area is 444 Å². The minimum absolute atomic E-state index is 0.0141. The molecule has 9 heteroatoms. The van der Waals surface area contributed by atoms with Gasteiger partial charge in [0.05, 0.1) is 17.3 Å². The maximum absolute atomic E-state index is 15.7. The molecule has 0 bridgehead atoms. The van der Waals surface area contributed by atoms with E-state index in [-0.39, 0.29) is 58.3 Å². The Morgan fingerprint density at radius 3 is 2.36 bits per heavy atom.